The topological polar surface area (TPSA) is 30.0 Å². The summed E-state index contributed by atoms with van der Waals surface area (Å²) in [5.74, 6) is 0.447. The first kappa shape index (κ1) is 14.2. The van der Waals surface area contributed by atoms with Gasteiger partial charge in [0, 0.05) is 22.5 Å². The fourth-order valence-electron chi connectivity index (χ4n) is 1.98. The summed E-state index contributed by atoms with van der Waals surface area (Å²) < 4.78 is 0. The molecule has 19 heavy (non-hydrogen) atoms. The van der Waals surface area contributed by atoms with Crippen molar-refractivity contribution >= 4 is 28.7 Å². The lowest BCUT2D eigenvalue weighted by Gasteiger charge is -2.10. The Labute approximate surface area is 122 Å². The molecule has 1 atom stereocenters. The zero-order valence-electron chi connectivity index (χ0n) is 11.0. The van der Waals surface area contributed by atoms with Gasteiger partial charge in [-0.25, -0.2) is 4.98 Å². The number of hydrogen-bond donors (Lipinski definition) is 0. The summed E-state index contributed by atoms with van der Waals surface area (Å²) in [4.78, 5) is 16.3. The van der Waals surface area contributed by atoms with Gasteiger partial charge in [-0.2, -0.15) is 0 Å². The Morgan fingerprint density at radius 3 is 2.63 bits per heavy atom. The van der Waals surface area contributed by atoms with E-state index in [0.717, 1.165) is 21.3 Å². The first-order valence-electron chi connectivity index (χ1n) is 6.23. The van der Waals surface area contributed by atoms with E-state index >= 15 is 0 Å². The number of carbonyl (C=O) groups is 1. The molecule has 0 aliphatic rings. The smallest absolute Gasteiger partial charge is 0.140 e. The Morgan fingerprint density at radius 2 is 2.05 bits per heavy atom. The van der Waals surface area contributed by atoms with E-state index < -0.39 is 0 Å². The van der Waals surface area contributed by atoms with Crippen LogP contribution < -0.4 is 0 Å². The number of aromatic nitrogens is 1. The summed E-state index contributed by atoms with van der Waals surface area (Å²) in [6.07, 6.45) is 0.983. The normalized spacial score (nSPS) is 12.4. The molecule has 0 aliphatic carbocycles. The summed E-state index contributed by atoms with van der Waals surface area (Å²) in [5, 5.41) is 3.61. The van der Waals surface area contributed by atoms with E-state index in [9.17, 15) is 4.79 Å². The van der Waals surface area contributed by atoms with E-state index in [0.29, 0.717) is 12.8 Å². The summed E-state index contributed by atoms with van der Waals surface area (Å²) >= 11 is 7.41. The van der Waals surface area contributed by atoms with E-state index in [4.69, 9.17) is 11.6 Å². The first-order valence-corrected chi connectivity index (χ1v) is 7.48. The van der Waals surface area contributed by atoms with E-state index in [1.54, 1.807) is 11.3 Å². The Kier molecular flexibility index (Phi) is 4.72. The Hall–Kier alpha value is -1.19. The molecule has 2 aromatic rings. The van der Waals surface area contributed by atoms with Gasteiger partial charge in [0.1, 0.15) is 10.8 Å². The third kappa shape index (κ3) is 4.15. The highest BCUT2D eigenvalue weighted by Gasteiger charge is 2.13. The lowest BCUT2D eigenvalue weighted by Crippen LogP contribution is -2.07. The van der Waals surface area contributed by atoms with Crippen LogP contribution in [0.1, 0.15) is 35.5 Å². The molecule has 100 valence electrons. The van der Waals surface area contributed by atoms with Crippen LogP contribution in [0.15, 0.2) is 29.6 Å². The zero-order chi connectivity index (χ0) is 13.8. The minimum absolute atomic E-state index is 0.214. The van der Waals surface area contributed by atoms with Crippen molar-refractivity contribution < 1.29 is 4.79 Å². The Bertz CT molecular complexity index is 562. The molecule has 1 aromatic heterocycles. The van der Waals surface area contributed by atoms with Crippen LogP contribution in [-0.2, 0) is 11.2 Å². The lowest BCUT2D eigenvalue weighted by atomic mass is 9.95. The summed E-state index contributed by atoms with van der Waals surface area (Å²) in [6.45, 7) is 4.01. The molecule has 0 saturated heterocycles. The summed E-state index contributed by atoms with van der Waals surface area (Å²) in [7, 11) is 0. The van der Waals surface area contributed by atoms with Gasteiger partial charge < -0.3 is 0 Å². The van der Waals surface area contributed by atoms with Crippen molar-refractivity contribution in [1.29, 1.82) is 0 Å². The molecule has 1 heterocycles. The number of Topliss-reactive ketones (excluding diaryl/α,β-unsaturated/α-hetero) is 1. The predicted octanol–water partition coefficient (Wildman–Crippen LogP) is 4.41. The standard InChI is InChI=1S/C15H16ClNOS/c1-10(12-3-5-13(16)6-4-12)7-14(18)8-15-17-11(2)9-19-15/h3-6,9-10H,7-8H2,1-2H3. The summed E-state index contributed by atoms with van der Waals surface area (Å²) in [6, 6.07) is 7.69. The van der Waals surface area contributed by atoms with Crippen LogP contribution in [0.4, 0.5) is 0 Å². The second kappa shape index (κ2) is 6.31. The van der Waals surface area contributed by atoms with Crippen LogP contribution in [0.25, 0.3) is 0 Å². The fourth-order valence-corrected chi connectivity index (χ4v) is 2.90. The second-order valence-corrected chi connectivity index (χ2v) is 6.13. The van der Waals surface area contributed by atoms with Gasteiger partial charge in [-0.1, -0.05) is 30.7 Å². The third-order valence-electron chi connectivity index (χ3n) is 2.99. The Balaban J connectivity index is 1.93. The number of carbonyl (C=O) groups excluding carboxylic acids is 1. The van der Waals surface area contributed by atoms with E-state index in [2.05, 4.69) is 11.9 Å². The number of halogens is 1. The molecule has 2 nitrogen and oxygen atoms in total. The van der Waals surface area contributed by atoms with Crippen LogP contribution >= 0.6 is 22.9 Å². The molecule has 0 bridgehead atoms. The molecule has 1 unspecified atom stereocenters. The van der Waals surface area contributed by atoms with Crippen molar-refractivity contribution in [2.24, 2.45) is 0 Å². The maximum atomic E-state index is 12.0. The largest absolute Gasteiger partial charge is 0.299 e. The highest BCUT2D eigenvalue weighted by Crippen LogP contribution is 2.22. The molecule has 4 heteroatoms. The van der Waals surface area contributed by atoms with Crippen LogP contribution in [-0.4, -0.2) is 10.8 Å². The number of benzene rings is 1. The minimum atomic E-state index is 0.214. The molecular weight excluding hydrogens is 278 g/mol. The van der Waals surface area contributed by atoms with Gasteiger partial charge >= 0.3 is 0 Å². The maximum absolute atomic E-state index is 12.0. The molecule has 0 aliphatic heterocycles. The molecule has 0 radical (unpaired) electrons. The van der Waals surface area contributed by atoms with Gasteiger partial charge in [0.05, 0.1) is 6.42 Å². The van der Waals surface area contributed by atoms with Crippen LogP contribution in [0.3, 0.4) is 0 Å². The SMILES string of the molecule is Cc1csc(CC(=O)CC(C)c2ccc(Cl)cc2)n1. The van der Waals surface area contributed by atoms with Gasteiger partial charge in [0.15, 0.2) is 0 Å². The van der Waals surface area contributed by atoms with Crippen LogP contribution in [0, 0.1) is 6.92 Å². The first-order chi connectivity index (χ1) is 9.04. The molecule has 0 spiro atoms. The highest BCUT2D eigenvalue weighted by atomic mass is 35.5. The van der Waals surface area contributed by atoms with Crippen LogP contribution in [0.2, 0.25) is 5.02 Å². The van der Waals surface area contributed by atoms with Crippen LogP contribution in [0.5, 0.6) is 0 Å². The van der Waals surface area contributed by atoms with Gasteiger partial charge in [0.2, 0.25) is 0 Å². The van der Waals surface area contributed by atoms with Crippen molar-refractivity contribution in [3.05, 3.63) is 50.9 Å². The number of nitrogens with zero attached hydrogens (tertiary/aromatic N) is 1. The van der Waals surface area contributed by atoms with E-state index in [1.165, 1.54) is 0 Å². The fraction of sp³-hybridized carbons (Fsp3) is 0.333. The maximum Gasteiger partial charge on any atom is 0.140 e. The second-order valence-electron chi connectivity index (χ2n) is 4.75. The number of aryl methyl sites for hydroxylation is 1. The van der Waals surface area contributed by atoms with Gasteiger partial charge in [0.25, 0.3) is 0 Å². The van der Waals surface area contributed by atoms with Crippen molar-refractivity contribution in [1.82, 2.24) is 4.98 Å². The number of hydrogen-bond acceptors (Lipinski definition) is 3. The quantitative estimate of drug-likeness (QED) is 0.817. The number of rotatable bonds is 5. The lowest BCUT2D eigenvalue weighted by molar-refractivity contribution is -0.118. The molecule has 1 aromatic carbocycles. The molecule has 0 saturated carbocycles. The van der Waals surface area contributed by atoms with E-state index in [-0.39, 0.29) is 11.7 Å². The predicted molar refractivity (Wildman–Crippen MR) is 80.0 cm³/mol. The monoisotopic (exact) mass is 293 g/mol. The Morgan fingerprint density at radius 1 is 1.37 bits per heavy atom. The van der Waals surface area contributed by atoms with E-state index in [1.807, 2.05) is 36.6 Å². The van der Waals surface area contributed by atoms with Gasteiger partial charge in [-0.15, -0.1) is 11.3 Å². The van der Waals surface area contributed by atoms with Gasteiger partial charge in [-0.05, 0) is 30.5 Å². The highest BCUT2D eigenvalue weighted by molar-refractivity contribution is 7.09. The van der Waals surface area contributed by atoms with Crippen molar-refractivity contribution in [3.8, 4) is 0 Å². The molecule has 0 N–H and O–H groups in total. The van der Waals surface area contributed by atoms with Crippen molar-refractivity contribution in [2.75, 3.05) is 0 Å². The molecule has 0 amide bonds. The van der Waals surface area contributed by atoms with Gasteiger partial charge in [-0.3, -0.25) is 4.79 Å². The average molecular weight is 294 g/mol. The number of thiazole rings is 1. The van der Waals surface area contributed by atoms with Crippen molar-refractivity contribution in [3.63, 3.8) is 0 Å². The molecule has 0 fully saturated rings. The minimum Gasteiger partial charge on any atom is -0.299 e. The molecule has 2 rings (SSSR count). The average Bonchev–Trinajstić information content (AvgIpc) is 2.75. The van der Waals surface area contributed by atoms with Crippen molar-refractivity contribution in [2.45, 2.75) is 32.6 Å². The number of ketones is 1. The summed E-state index contributed by atoms with van der Waals surface area (Å²) in [5.41, 5.74) is 2.13. The zero-order valence-corrected chi connectivity index (χ0v) is 12.6. The third-order valence-corrected chi connectivity index (χ3v) is 4.21. The molecular formula is C15H16ClNOS.